The van der Waals surface area contributed by atoms with E-state index < -0.39 is 11.5 Å². The number of hydrogen-bond acceptors (Lipinski definition) is 3. The Morgan fingerprint density at radius 3 is 2.68 bits per heavy atom. The summed E-state index contributed by atoms with van der Waals surface area (Å²) in [5.41, 5.74) is 0.929. The molecule has 6 atom stereocenters. The van der Waals surface area contributed by atoms with E-state index in [9.17, 15) is 14.7 Å². The standard InChI is InChI=1S/C19H26O3/c1-11(20)19-9-8-15-14-5-3-13(21)10-12(14)2-4-16(15)17(19)6-7-18(19)22/h10-11,14-17,20H,2-9H2,1H3/t11?,14-,15+,16+,17-,19+/m0/s1. The van der Waals surface area contributed by atoms with Gasteiger partial charge in [0, 0.05) is 12.8 Å². The number of allylic oxidation sites excluding steroid dienone is 1. The molecule has 0 spiro atoms. The number of aliphatic hydroxyl groups excluding tert-OH is 1. The van der Waals surface area contributed by atoms with Crippen molar-refractivity contribution in [2.24, 2.45) is 29.1 Å². The molecule has 3 saturated carbocycles. The predicted octanol–water partition coefficient (Wildman–Crippen LogP) is 3.06. The van der Waals surface area contributed by atoms with Crippen molar-refractivity contribution in [1.82, 2.24) is 0 Å². The molecule has 0 aromatic rings. The number of aliphatic hydroxyl groups is 1. The number of rotatable bonds is 1. The van der Waals surface area contributed by atoms with Crippen molar-refractivity contribution in [3.63, 3.8) is 0 Å². The van der Waals surface area contributed by atoms with Crippen molar-refractivity contribution >= 4 is 11.6 Å². The Bertz CT molecular complexity index is 547. The van der Waals surface area contributed by atoms with Gasteiger partial charge in [-0.05, 0) is 75.2 Å². The Morgan fingerprint density at radius 2 is 1.91 bits per heavy atom. The quantitative estimate of drug-likeness (QED) is 0.810. The topological polar surface area (TPSA) is 54.4 Å². The van der Waals surface area contributed by atoms with Gasteiger partial charge in [0.15, 0.2) is 5.78 Å². The van der Waals surface area contributed by atoms with E-state index in [0.717, 1.165) is 38.5 Å². The van der Waals surface area contributed by atoms with Gasteiger partial charge in [-0.2, -0.15) is 0 Å². The van der Waals surface area contributed by atoms with Crippen LogP contribution in [0.15, 0.2) is 11.6 Å². The minimum atomic E-state index is -0.515. The van der Waals surface area contributed by atoms with Crippen molar-refractivity contribution < 1.29 is 14.7 Å². The van der Waals surface area contributed by atoms with E-state index in [1.54, 1.807) is 0 Å². The van der Waals surface area contributed by atoms with Crippen LogP contribution in [-0.4, -0.2) is 22.8 Å². The minimum absolute atomic E-state index is 0.301. The molecule has 0 radical (unpaired) electrons. The summed E-state index contributed by atoms with van der Waals surface area (Å²) in [5, 5.41) is 10.4. The van der Waals surface area contributed by atoms with Crippen LogP contribution in [0.4, 0.5) is 0 Å². The zero-order chi connectivity index (χ0) is 15.5. The van der Waals surface area contributed by atoms with Gasteiger partial charge in [-0.15, -0.1) is 0 Å². The smallest absolute Gasteiger partial charge is 0.155 e. The molecule has 0 amide bonds. The largest absolute Gasteiger partial charge is 0.392 e. The van der Waals surface area contributed by atoms with Crippen molar-refractivity contribution in [1.29, 1.82) is 0 Å². The molecule has 0 heterocycles. The highest BCUT2D eigenvalue weighted by atomic mass is 16.3. The van der Waals surface area contributed by atoms with Crippen LogP contribution in [0.5, 0.6) is 0 Å². The van der Waals surface area contributed by atoms with E-state index in [-0.39, 0.29) is 0 Å². The molecule has 4 rings (SSSR count). The van der Waals surface area contributed by atoms with Crippen LogP contribution in [0, 0.1) is 29.1 Å². The van der Waals surface area contributed by atoms with E-state index in [2.05, 4.69) is 0 Å². The lowest BCUT2D eigenvalue weighted by molar-refractivity contribution is -0.143. The summed E-state index contributed by atoms with van der Waals surface area (Å²) >= 11 is 0. The van der Waals surface area contributed by atoms with Gasteiger partial charge in [-0.25, -0.2) is 0 Å². The second kappa shape index (κ2) is 5.02. The predicted molar refractivity (Wildman–Crippen MR) is 83.1 cm³/mol. The molecule has 1 N–H and O–H groups in total. The maximum absolute atomic E-state index is 12.6. The maximum atomic E-state index is 12.6. The molecular formula is C19H26O3. The van der Waals surface area contributed by atoms with Crippen LogP contribution >= 0.6 is 0 Å². The third kappa shape index (κ3) is 1.84. The third-order valence-electron chi connectivity index (χ3n) is 7.37. The van der Waals surface area contributed by atoms with E-state index in [4.69, 9.17) is 0 Å². The minimum Gasteiger partial charge on any atom is -0.392 e. The van der Waals surface area contributed by atoms with Gasteiger partial charge in [0.25, 0.3) is 0 Å². The molecule has 0 aromatic carbocycles. The summed E-state index contributed by atoms with van der Waals surface area (Å²) in [4.78, 5) is 24.2. The molecule has 120 valence electrons. The zero-order valence-corrected chi connectivity index (χ0v) is 13.4. The van der Waals surface area contributed by atoms with Gasteiger partial charge in [-0.3, -0.25) is 9.59 Å². The second-order valence-corrected chi connectivity index (χ2v) is 8.02. The SMILES string of the molecule is CC(O)[C@]12CC[C@H]3[C@@H](CCC4=CC(=O)CC[C@@H]43)[C@@H]1CCC2=O. The highest BCUT2D eigenvalue weighted by Crippen LogP contribution is 2.61. The van der Waals surface area contributed by atoms with Crippen LogP contribution < -0.4 is 0 Å². The summed E-state index contributed by atoms with van der Waals surface area (Å²) < 4.78 is 0. The average Bonchev–Trinajstić information content (AvgIpc) is 2.85. The van der Waals surface area contributed by atoms with Crippen LogP contribution in [0.1, 0.15) is 58.3 Å². The fourth-order valence-corrected chi connectivity index (χ4v) is 6.44. The Kier molecular flexibility index (Phi) is 3.34. The molecule has 22 heavy (non-hydrogen) atoms. The van der Waals surface area contributed by atoms with Gasteiger partial charge < -0.3 is 5.11 Å². The van der Waals surface area contributed by atoms with Crippen molar-refractivity contribution in [2.45, 2.75) is 64.4 Å². The summed E-state index contributed by atoms with van der Waals surface area (Å²) in [6, 6.07) is 0. The Labute approximate surface area is 132 Å². The Morgan fingerprint density at radius 1 is 1.09 bits per heavy atom. The number of ketones is 2. The summed E-state index contributed by atoms with van der Waals surface area (Å²) in [6.45, 7) is 1.82. The second-order valence-electron chi connectivity index (χ2n) is 8.02. The fourth-order valence-electron chi connectivity index (χ4n) is 6.44. The number of hydrogen-bond donors (Lipinski definition) is 1. The van der Waals surface area contributed by atoms with Gasteiger partial charge >= 0.3 is 0 Å². The molecule has 0 aliphatic heterocycles. The molecule has 0 aromatic heterocycles. The van der Waals surface area contributed by atoms with Gasteiger partial charge in [0.05, 0.1) is 11.5 Å². The molecule has 3 fully saturated rings. The van der Waals surface area contributed by atoms with E-state index in [1.807, 2.05) is 13.0 Å². The first-order valence-electron chi connectivity index (χ1n) is 8.98. The number of fused-ring (bicyclic) bond motifs is 5. The van der Waals surface area contributed by atoms with E-state index in [1.165, 1.54) is 5.57 Å². The number of carbonyl (C=O) groups excluding carboxylic acids is 2. The van der Waals surface area contributed by atoms with Crippen LogP contribution in [0.3, 0.4) is 0 Å². The van der Waals surface area contributed by atoms with Crippen molar-refractivity contribution in [3.05, 3.63) is 11.6 Å². The average molecular weight is 302 g/mol. The van der Waals surface area contributed by atoms with Crippen LogP contribution in [0.2, 0.25) is 0 Å². The molecule has 0 saturated heterocycles. The molecule has 3 nitrogen and oxygen atoms in total. The lowest BCUT2D eigenvalue weighted by Gasteiger charge is -2.53. The Hall–Kier alpha value is -0.960. The fraction of sp³-hybridized carbons (Fsp3) is 0.789. The molecule has 3 heteroatoms. The zero-order valence-electron chi connectivity index (χ0n) is 13.4. The monoisotopic (exact) mass is 302 g/mol. The van der Waals surface area contributed by atoms with Crippen molar-refractivity contribution in [2.75, 3.05) is 0 Å². The Balaban J connectivity index is 1.66. The third-order valence-corrected chi connectivity index (χ3v) is 7.37. The van der Waals surface area contributed by atoms with Gasteiger partial charge in [0.2, 0.25) is 0 Å². The summed E-state index contributed by atoms with van der Waals surface area (Å²) in [6.07, 6.45) is 8.77. The first-order valence-corrected chi connectivity index (χ1v) is 8.98. The van der Waals surface area contributed by atoms with E-state index in [0.29, 0.717) is 48.1 Å². The molecule has 1 unspecified atom stereocenters. The highest BCUT2D eigenvalue weighted by Gasteiger charge is 2.60. The molecule has 4 aliphatic carbocycles. The lowest BCUT2D eigenvalue weighted by Crippen LogP contribution is -2.52. The summed E-state index contributed by atoms with van der Waals surface area (Å²) in [5.74, 6) is 2.76. The number of Topliss-reactive ketones (excluding diaryl/α,β-unsaturated/α-hetero) is 1. The maximum Gasteiger partial charge on any atom is 0.155 e. The van der Waals surface area contributed by atoms with Crippen LogP contribution in [-0.2, 0) is 9.59 Å². The number of carbonyl (C=O) groups is 2. The first-order chi connectivity index (χ1) is 10.5. The molecular weight excluding hydrogens is 276 g/mol. The first kappa shape index (κ1) is 14.6. The normalized spacial score (nSPS) is 45.6. The van der Waals surface area contributed by atoms with Gasteiger partial charge in [-0.1, -0.05) is 5.57 Å². The van der Waals surface area contributed by atoms with E-state index >= 15 is 0 Å². The highest BCUT2D eigenvalue weighted by molar-refractivity contribution is 5.91. The van der Waals surface area contributed by atoms with Gasteiger partial charge in [0.1, 0.15) is 5.78 Å². The van der Waals surface area contributed by atoms with Crippen molar-refractivity contribution in [3.8, 4) is 0 Å². The molecule has 4 aliphatic rings. The summed E-state index contributed by atoms with van der Waals surface area (Å²) in [7, 11) is 0. The van der Waals surface area contributed by atoms with Crippen LogP contribution in [0.25, 0.3) is 0 Å². The molecule has 0 bridgehead atoms. The lowest BCUT2D eigenvalue weighted by atomic mass is 9.51.